The van der Waals surface area contributed by atoms with E-state index in [4.69, 9.17) is 31.1 Å². The van der Waals surface area contributed by atoms with Crippen molar-refractivity contribution in [3.8, 4) is 11.5 Å². The van der Waals surface area contributed by atoms with Crippen LogP contribution in [0.3, 0.4) is 0 Å². The maximum absolute atomic E-state index is 11.8. The van der Waals surface area contributed by atoms with Crippen LogP contribution in [-0.4, -0.2) is 31.6 Å². The zero-order valence-electron chi connectivity index (χ0n) is 25.3. The summed E-state index contributed by atoms with van der Waals surface area (Å²) in [5.41, 5.74) is 4.55. The number of nitrogens with two attached hydrogens (primary N) is 1. The lowest BCUT2D eigenvalue weighted by molar-refractivity contribution is -0.385. The van der Waals surface area contributed by atoms with Gasteiger partial charge in [-0.05, 0) is 24.3 Å². The number of benzene rings is 2. The molecule has 0 atom stereocenters. The van der Waals surface area contributed by atoms with Crippen molar-refractivity contribution in [2.75, 3.05) is 5.73 Å². The normalized spacial score (nSPS) is 10.8. The first-order chi connectivity index (χ1) is 20.8. The molecule has 0 fully saturated rings. The summed E-state index contributed by atoms with van der Waals surface area (Å²) in [5.74, 6) is 1.86. The molecule has 15 nitrogen and oxygen atoms in total. The van der Waals surface area contributed by atoms with Gasteiger partial charge in [-0.1, -0.05) is 51.9 Å². The molecule has 0 unspecified atom stereocenters. The molecule has 4 rings (SSSR count). The number of rotatable bonds is 6. The second-order valence-corrected chi connectivity index (χ2v) is 11.6. The predicted molar refractivity (Wildman–Crippen MR) is 162 cm³/mol. The topological polar surface area (TPSA) is 217 Å². The van der Waals surface area contributed by atoms with Crippen molar-refractivity contribution in [3.63, 3.8) is 0 Å². The third-order valence-corrected chi connectivity index (χ3v) is 5.49. The highest BCUT2D eigenvalue weighted by Gasteiger charge is 2.21. The molecule has 0 spiro atoms. The molecule has 0 bridgehead atoms. The number of nitrogens with zero attached hydrogens (tertiary/aromatic N) is 4. The van der Waals surface area contributed by atoms with Crippen LogP contribution in [0, 0.1) is 20.2 Å². The van der Waals surface area contributed by atoms with Gasteiger partial charge in [0, 0.05) is 58.8 Å². The molecule has 2 N–H and O–H groups in total. The Labute approximate surface area is 262 Å². The average Bonchev–Trinajstić information content (AvgIpc) is 3.59. The Morgan fingerprint density at radius 1 is 0.778 bits per heavy atom. The van der Waals surface area contributed by atoms with Crippen molar-refractivity contribution in [2.24, 2.45) is 0 Å². The van der Waals surface area contributed by atoms with Crippen LogP contribution in [0.1, 0.15) is 58.8 Å². The fourth-order valence-corrected chi connectivity index (χ4v) is 3.16. The SMILES string of the molecule is CC(C)(C)c1cc(CC(=O)Oc2ccc([N+](=O)[O-])cc2)no1.CC(C)(C)c1cc(N)no1.O=C(Cl)Oc1ccc([N+](=O)[O-])cc1. The van der Waals surface area contributed by atoms with E-state index >= 15 is 0 Å². The number of aromatic nitrogens is 2. The van der Waals surface area contributed by atoms with Crippen molar-refractivity contribution >= 4 is 40.2 Å². The second-order valence-electron chi connectivity index (χ2n) is 11.3. The summed E-state index contributed by atoms with van der Waals surface area (Å²) >= 11 is 4.92. The molecular weight excluding hydrogens is 614 g/mol. The summed E-state index contributed by atoms with van der Waals surface area (Å²) in [5, 5.41) is 28.2. The number of esters is 1. The van der Waals surface area contributed by atoms with Gasteiger partial charge in [0.15, 0.2) is 5.82 Å². The quantitative estimate of drug-likeness (QED) is 0.0741. The van der Waals surface area contributed by atoms with Crippen LogP contribution in [0.15, 0.2) is 69.7 Å². The molecule has 0 aliphatic heterocycles. The minimum absolute atomic E-state index is 0.00458. The predicted octanol–water partition coefficient (Wildman–Crippen LogP) is 6.92. The van der Waals surface area contributed by atoms with Crippen LogP contribution in [0.2, 0.25) is 0 Å². The van der Waals surface area contributed by atoms with Crippen LogP contribution in [0.5, 0.6) is 11.5 Å². The average molecular weight is 646 g/mol. The van der Waals surface area contributed by atoms with Gasteiger partial charge in [0.2, 0.25) is 0 Å². The van der Waals surface area contributed by atoms with Crippen molar-refractivity contribution in [3.05, 3.63) is 98.1 Å². The fraction of sp³-hybridized carbons (Fsp3) is 0.310. The maximum Gasteiger partial charge on any atom is 0.409 e. The third kappa shape index (κ3) is 12.4. The molecule has 16 heteroatoms. The molecule has 2 aromatic carbocycles. The summed E-state index contributed by atoms with van der Waals surface area (Å²) in [6.45, 7) is 12.1. The number of hydrogen-bond acceptors (Lipinski definition) is 13. The first kappa shape index (κ1) is 35.9. The van der Waals surface area contributed by atoms with E-state index in [9.17, 15) is 29.8 Å². The molecule has 0 saturated carbocycles. The van der Waals surface area contributed by atoms with E-state index in [1.165, 1.54) is 48.5 Å². The van der Waals surface area contributed by atoms with E-state index < -0.39 is 21.2 Å². The molecule has 0 aliphatic carbocycles. The standard InChI is InChI=1S/C15H16N2O5.C7H4ClNO4.C7H12N2O/c1-15(2,3)13-8-10(16-22-13)9-14(18)21-12-6-4-11(5-7-12)17(19)20;8-7(10)13-6-3-1-5(2-4-6)9(11)12;1-7(2,3)5-4-6(8)9-10-5/h4-8H,9H2,1-3H3;1-4H;4H,1-3H3,(H2,8,9). The largest absolute Gasteiger partial charge is 0.426 e. The Morgan fingerprint density at radius 3 is 1.53 bits per heavy atom. The van der Waals surface area contributed by atoms with E-state index in [1.54, 1.807) is 12.1 Å². The van der Waals surface area contributed by atoms with Crippen LogP contribution < -0.4 is 15.2 Å². The third-order valence-electron chi connectivity index (χ3n) is 5.42. The van der Waals surface area contributed by atoms with Gasteiger partial charge in [0.1, 0.15) is 23.0 Å². The van der Waals surface area contributed by atoms with Gasteiger partial charge < -0.3 is 24.3 Å². The number of anilines is 1. The molecule has 4 aromatic rings. The van der Waals surface area contributed by atoms with E-state index in [-0.39, 0.29) is 40.1 Å². The Kier molecular flexibility index (Phi) is 12.3. The number of hydrogen-bond donors (Lipinski definition) is 1. The van der Waals surface area contributed by atoms with Crippen molar-refractivity contribution in [1.82, 2.24) is 10.3 Å². The number of nitrogen functional groups attached to an aromatic ring is 1. The van der Waals surface area contributed by atoms with Gasteiger partial charge in [0.05, 0.1) is 22.0 Å². The molecule has 0 amide bonds. The molecule has 2 aromatic heterocycles. The lowest BCUT2D eigenvalue weighted by atomic mass is 9.93. The maximum atomic E-state index is 11.8. The van der Waals surface area contributed by atoms with Gasteiger partial charge in [-0.2, -0.15) is 0 Å². The summed E-state index contributed by atoms with van der Waals surface area (Å²) in [4.78, 5) is 41.7. The van der Waals surface area contributed by atoms with Crippen molar-refractivity contribution in [2.45, 2.75) is 58.8 Å². The van der Waals surface area contributed by atoms with Gasteiger partial charge >= 0.3 is 11.4 Å². The number of carbonyl (C=O) groups is 2. The number of nitro groups is 2. The van der Waals surface area contributed by atoms with Gasteiger partial charge in [0.25, 0.3) is 11.4 Å². The van der Waals surface area contributed by atoms with Gasteiger partial charge in [-0.3, -0.25) is 25.0 Å². The monoisotopic (exact) mass is 645 g/mol. The van der Waals surface area contributed by atoms with E-state index in [1.807, 2.05) is 41.5 Å². The van der Waals surface area contributed by atoms with Crippen LogP contribution in [0.4, 0.5) is 22.0 Å². The van der Waals surface area contributed by atoms with E-state index in [0.717, 1.165) is 5.76 Å². The van der Waals surface area contributed by atoms with Crippen LogP contribution >= 0.6 is 11.6 Å². The molecule has 0 radical (unpaired) electrons. The Morgan fingerprint density at radius 2 is 1.20 bits per heavy atom. The highest BCUT2D eigenvalue weighted by molar-refractivity contribution is 6.61. The lowest BCUT2D eigenvalue weighted by Crippen LogP contribution is -2.12. The first-order valence-corrected chi connectivity index (χ1v) is 13.5. The molecule has 0 saturated heterocycles. The summed E-state index contributed by atoms with van der Waals surface area (Å²) in [7, 11) is 0. The first-order valence-electron chi connectivity index (χ1n) is 13.1. The Hall–Kier alpha value is -5.31. The second kappa shape index (κ2) is 15.4. The molecular formula is C29H32ClN5O10. The van der Waals surface area contributed by atoms with Crippen LogP contribution in [-0.2, 0) is 22.0 Å². The fourth-order valence-electron chi connectivity index (χ4n) is 3.07. The number of non-ortho nitro benzene ring substituents is 2. The zero-order valence-corrected chi connectivity index (χ0v) is 26.1. The Bertz CT molecular complexity index is 1600. The molecule has 2 heterocycles. The molecule has 240 valence electrons. The zero-order chi connectivity index (χ0) is 33.9. The molecule has 0 aliphatic rings. The van der Waals surface area contributed by atoms with Crippen molar-refractivity contribution in [1.29, 1.82) is 0 Å². The minimum Gasteiger partial charge on any atom is -0.426 e. The van der Waals surface area contributed by atoms with E-state index in [2.05, 4.69) is 15.1 Å². The Balaban J connectivity index is 0.000000259. The highest BCUT2D eigenvalue weighted by atomic mass is 35.5. The number of carbonyl (C=O) groups excluding carboxylic acids is 2. The number of nitro benzene ring substituents is 2. The van der Waals surface area contributed by atoms with Crippen LogP contribution in [0.25, 0.3) is 0 Å². The van der Waals surface area contributed by atoms with E-state index in [0.29, 0.717) is 17.3 Å². The lowest BCUT2D eigenvalue weighted by Gasteiger charge is -2.12. The van der Waals surface area contributed by atoms with Gasteiger partial charge in [-0.15, -0.1) is 0 Å². The smallest absolute Gasteiger partial charge is 0.409 e. The minimum atomic E-state index is -0.978. The van der Waals surface area contributed by atoms with Gasteiger partial charge in [-0.25, -0.2) is 4.79 Å². The number of ether oxygens (including phenoxy) is 2. The summed E-state index contributed by atoms with van der Waals surface area (Å²) in [6.07, 6.45) is -0.0312. The number of halogens is 1. The summed E-state index contributed by atoms with van der Waals surface area (Å²) < 4.78 is 19.7. The highest BCUT2D eigenvalue weighted by Crippen LogP contribution is 2.24. The molecule has 45 heavy (non-hydrogen) atoms. The summed E-state index contributed by atoms with van der Waals surface area (Å²) in [6, 6.07) is 13.8. The van der Waals surface area contributed by atoms with Crippen molar-refractivity contribution < 1.29 is 38.0 Å².